The number of nitrogens with zero attached hydrogens (tertiary/aromatic N) is 1. The SMILES string of the molecule is CC(C)N.OCCN(CCO)CCO. The minimum atomic E-state index is 0.0694. The standard InChI is InChI=1S/C6H15NO3.C3H9N/c8-4-1-7(2-5-9)3-6-10;1-3(2)4/h8-10H,1-6H2;3H,4H2,1-2H3. The Morgan fingerprint density at radius 3 is 1.29 bits per heavy atom. The summed E-state index contributed by atoms with van der Waals surface area (Å²) in [5.74, 6) is 0. The highest BCUT2D eigenvalue weighted by atomic mass is 16.3. The molecule has 0 aromatic carbocycles. The van der Waals surface area contributed by atoms with Gasteiger partial charge >= 0.3 is 0 Å². The Morgan fingerprint density at radius 1 is 0.929 bits per heavy atom. The molecule has 5 heteroatoms. The molecule has 0 aromatic heterocycles. The predicted molar refractivity (Wildman–Crippen MR) is 57.0 cm³/mol. The Kier molecular flexibility index (Phi) is 14.8. The van der Waals surface area contributed by atoms with Crippen LogP contribution in [-0.2, 0) is 0 Å². The normalized spacial score (nSPS) is 10.3. The molecule has 0 fully saturated rings. The van der Waals surface area contributed by atoms with E-state index >= 15 is 0 Å². The fraction of sp³-hybridized carbons (Fsp3) is 1.00. The molecule has 88 valence electrons. The second-order valence-electron chi connectivity index (χ2n) is 3.26. The molecule has 0 aliphatic carbocycles. The summed E-state index contributed by atoms with van der Waals surface area (Å²) in [6, 6.07) is 0.333. The van der Waals surface area contributed by atoms with Gasteiger partial charge in [0.1, 0.15) is 0 Å². The van der Waals surface area contributed by atoms with Gasteiger partial charge in [-0.3, -0.25) is 4.90 Å². The lowest BCUT2D eigenvalue weighted by atomic mass is 10.4. The van der Waals surface area contributed by atoms with Gasteiger partial charge in [-0.2, -0.15) is 0 Å². The van der Waals surface area contributed by atoms with Crippen molar-refractivity contribution < 1.29 is 15.3 Å². The van der Waals surface area contributed by atoms with Crippen LogP contribution in [-0.4, -0.2) is 65.7 Å². The Labute approximate surface area is 86.1 Å². The lowest BCUT2D eigenvalue weighted by molar-refractivity contribution is 0.136. The molecule has 0 spiro atoms. The lowest BCUT2D eigenvalue weighted by Crippen LogP contribution is -2.32. The zero-order valence-electron chi connectivity index (χ0n) is 9.19. The van der Waals surface area contributed by atoms with E-state index in [1.807, 2.05) is 13.8 Å². The third-order valence-corrected chi connectivity index (χ3v) is 1.25. The van der Waals surface area contributed by atoms with Gasteiger partial charge in [-0.1, -0.05) is 13.8 Å². The maximum atomic E-state index is 8.48. The van der Waals surface area contributed by atoms with E-state index in [-0.39, 0.29) is 19.8 Å². The average Bonchev–Trinajstić information content (AvgIpc) is 2.04. The van der Waals surface area contributed by atoms with Crippen LogP contribution in [0.2, 0.25) is 0 Å². The number of aliphatic hydroxyl groups excluding tert-OH is 3. The molecule has 0 bridgehead atoms. The Hall–Kier alpha value is -0.200. The van der Waals surface area contributed by atoms with Crippen LogP contribution < -0.4 is 5.73 Å². The first kappa shape index (κ1) is 16.2. The molecule has 0 amide bonds. The van der Waals surface area contributed by atoms with Crippen LogP contribution in [0, 0.1) is 0 Å². The first-order valence-electron chi connectivity index (χ1n) is 4.89. The van der Waals surface area contributed by atoms with Gasteiger partial charge < -0.3 is 21.1 Å². The summed E-state index contributed by atoms with van der Waals surface area (Å²) in [6.07, 6.45) is 0. The van der Waals surface area contributed by atoms with Crippen LogP contribution in [0.4, 0.5) is 0 Å². The van der Waals surface area contributed by atoms with Crippen LogP contribution in [0.1, 0.15) is 13.8 Å². The van der Waals surface area contributed by atoms with Crippen LogP contribution in [0.25, 0.3) is 0 Å². The van der Waals surface area contributed by atoms with Crippen molar-refractivity contribution in [3.8, 4) is 0 Å². The van der Waals surface area contributed by atoms with Crippen LogP contribution >= 0.6 is 0 Å². The van der Waals surface area contributed by atoms with Gasteiger partial charge in [-0.25, -0.2) is 0 Å². The van der Waals surface area contributed by atoms with Crippen molar-refractivity contribution in [3.05, 3.63) is 0 Å². The van der Waals surface area contributed by atoms with Crippen molar-refractivity contribution in [1.29, 1.82) is 0 Å². The first-order valence-corrected chi connectivity index (χ1v) is 4.89. The summed E-state index contributed by atoms with van der Waals surface area (Å²) < 4.78 is 0. The smallest absolute Gasteiger partial charge is 0.0558 e. The molecular weight excluding hydrogens is 184 g/mol. The Morgan fingerprint density at radius 2 is 1.14 bits per heavy atom. The molecule has 0 aliphatic heterocycles. The van der Waals surface area contributed by atoms with Gasteiger partial charge in [0.25, 0.3) is 0 Å². The number of nitrogens with two attached hydrogens (primary N) is 1. The molecular formula is C9H24N2O3. The molecule has 0 aromatic rings. The van der Waals surface area contributed by atoms with Crippen molar-refractivity contribution in [2.45, 2.75) is 19.9 Å². The van der Waals surface area contributed by atoms with Crippen molar-refractivity contribution in [3.63, 3.8) is 0 Å². The molecule has 0 saturated heterocycles. The molecule has 14 heavy (non-hydrogen) atoms. The minimum Gasteiger partial charge on any atom is -0.395 e. The molecule has 0 aliphatic rings. The first-order chi connectivity index (χ1) is 6.58. The third-order valence-electron chi connectivity index (χ3n) is 1.25. The van der Waals surface area contributed by atoms with Crippen molar-refractivity contribution >= 4 is 0 Å². The van der Waals surface area contributed by atoms with E-state index in [4.69, 9.17) is 21.1 Å². The zero-order chi connectivity index (χ0) is 11.4. The van der Waals surface area contributed by atoms with Gasteiger partial charge in [-0.05, 0) is 6.04 Å². The number of hydrogen-bond donors (Lipinski definition) is 4. The summed E-state index contributed by atoms with van der Waals surface area (Å²) in [5, 5.41) is 25.5. The van der Waals surface area contributed by atoms with Crippen molar-refractivity contribution in [2.75, 3.05) is 39.5 Å². The van der Waals surface area contributed by atoms with Gasteiger partial charge in [0, 0.05) is 19.6 Å². The van der Waals surface area contributed by atoms with E-state index in [9.17, 15) is 0 Å². The molecule has 5 N–H and O–H groups in total. The average molecular weight is 208 g/mol. The van der Waals surface area contributed by atoms with Gasteiger partial charge in [-0.15, -0.1) is 0 Å². The van der Waals surface area contributed by atoms with E-state index in [0.717, 1.165) is 0 Å². The summed E-state index contributed by atoms with van der Waals surface area (Å²) in [5.41, 5.74) is 5.11. The molecule has 0 rings (SSSR count). The summed E-state index contributed by atoms with van der Waals surface area (Å²) >= 11 is 0. The maximum absolute atomic E-state index is 8.48. The van der Waals surface area contributed by atoms with E-state index in [1.165, 1.54) is 0 Å². The fourth-order valence-electron chi connectivity index (χ4n) is 0.760. The lowest BCUT2D eigenvalue weighted by Gasteiger charge is -2.17. The maximum Gasteiger partial charge on any atom is 0.0558 e. The molecule has 0 heterocycles. The predicted octanol–water partition coefficient (Wildman–Crippen LogP) is -1.38. The van der Waals surface area contributed by atoms with E-state index in [1.54, 1.807) is 4.90 Å². The van der Waals surface area contributed by atoms with Crippen LogP contribution in [0.5, 0.6) is 0 Å². The van der Waals surface area contributed by atoms with E-state index < -0.39 is 0 Å². The van der Waals surface area contributed by atoms with Crippen molar-refractivity contribution in [1.82, 2.24) is 4.90 Å². The van der Waals surface area contributed by atoms with E-state index in [2.05, 4.69) is 0 Å². The van der Waals surface area contributed by atoms with Crippen LogP contribution in [0.3, 0.4) is 0 Å². The van der Waals surface area contributed by atoms with Gasteiger partial charge in [0.05, 0.1) is 19.8 Å². The fourth-order valence-corrected chi connectivity index (χ4v) is 0.760. The minimum absolute atomic E-state index is 0.0694. The van der Waals surface area contributed by atoms with E-state index in [0.29, 0.717) is 25.7 Å². The highest BCUT2D eigenvalue weighted by Gasteiger charge is 2.00. The third kappa shape index (κ3) is 17.8. The Balaban J connectivity index is 0. The van der Waals surface area contributed by atoms with Crippen LogP contribution in [0.15, 0.2) is 0 Å². The second-order valence-corrected chi connectivity index (χ2v) is 3.26. The summed E-state index contributed by atoms with van der Waals surface area (Å²) in [4.78, 5) is 1.79. The second kappa shape index (κ2) is 12.8. The Bertz CT molecular complexity index is 85.0. The highest BCUT2D eigenvalue weighted by Crippen LogP contribution is 1.84. The molecule has 5 nitrogen and oxygen atoms in total. The highest BCUT2D eigenvalue weighted by molar-refractivity contribution is 4.54. The summed E-state index contributed by atoms with van der Waals surface area (Å²) in [6.45, 7) is 5.64. The molecule has 0 unspecified atom stereocenters. The van der Waals surface area contributed by atoms with Crippen molar-refractivity contribution in [2.24, 2.45) is 5.73 Å². The molecule has 0 radical (unpaired) electrons. The molecule has 0 saturated carbocycles. The summed E-state index contributed by atoms with van der Waals surface area (Å²) in [7, 11) is 0. The number of hydrogen-bond acceptors (Lipinski definition) is 5. The quantitative estimate of drug-likeness (QED) is 0.432. The van der Waals surface area contributed by atoms with Gasteiger partial charge in [0.15, 0.2) is 0 Å². The largest absolute Gasteiger partial charge is 0.395 e. The topological polar surface area (TPSA) is 90.0 Å². The zero-order valence-corrected chi connectivity index (χ0v) is 9.19. The monoisotopic (exact) mass is 208 g/mol. The van der Waals surface area contributed by atoms with Gasteiger partial charge in [0.2, 0.25) is 0 Å². The molecule has 0 atom stereocenters. The number of rotatable bonds is 6. The number of aliphatic hydroxyl groups is 3.